The number of hydrogen-bond acceptors (Lipinski definition) is 4. The number of rotatable bonds is 5. The van der Waals surface area contributed by atoms with Gasteiger partial charge in [-0.05, 0) is 48.5 Å². The van der Waals surface area contributed by atoms with Crippen molar-refractivity contribution in [1.82, 2.24) is 9.62 Å². The van der Waals surface area contributed by atoms with E-state index in [-0.39, 0.29) is 4.90 Å². The fraction of sp³-hybridized carbons (Fsp3) is 0.174. The number of sulfonamides is 1. The van der Waals surface area contributed by atoms with Crippen molar-refractivity contribution in [2.75, 3.05) is 14.1 Å². The van der Waals surface area contributed by atoms with Crippen LogP contribution in [0.5, 0.6) is 0 Å². The number of benzene rings is 3. The van der Waals surface area contributed by atoms with Gasteiger partial charge in [-0.15, -0.1) is 0 Å². The summed E-state index contributed by atoms with van der Waals surface area (Å²) in [6, 6.07) is 23.5. The molecule has 0 saturated heterocycles. The van der Waals surface area contributed by atoms with Gasteiger partial charge in [0.1, 0.15) is 5.84 Å². The number of aliphatic imine (C=N–C) groups is 1. The van der Waals surface area contributed by atoms with Crippen molar-refractivity contribution in [1.29, 1.82) is 0 Å². The van der Waals surface area contributed by atoms with Crippen LogP contribution in [0.4, 0.5) is 0 Å². The van der Waals surface area contributed by atoms with Crippen LogP contribution in [-0.4, -0.2) is 33.2 Å². The first kappa shape index (κ1) is 19.4. The van der Waals surface area contributed by atoms with Crippen LogP contribution < -0.4 is 4.72 Å². The molecule has 5 nitrogen and oxygen atoms in total. The van der Waals surface area contributed by atoms with E-state index in [1.54, 1.807) is 18.2 Å². The normalized spacial score (nSPS) is 16.0. The first-order valence-electron chi connectivity index (χ1n) is 9.43. The maximum Gasteiger partial charge on any atom is 0.263 e. The molecule has 1 aliphatic heterocycles. The highest BCUT2D eigenvalue weighted by molar-refractivity contribution is 7.90. The van der Waals surface area contributed by atoms with Crippen LogP contribution in [0.2, 0.25) is 0 Å². The zero-order valence-electron chi connectivity index (χ0n) is 16.5. The largest absolute Gasteiger partial charge is 0.305 e. The van der Waals surface area contributed by atoms with E-state index < -0.39 is 10.0 Å². The summed E-state index contributed by atoms with van der Waals surface area (Å²) in [4.78, 5) is 7.01. The monoisotopic (exact) mass is 405 g/mol. The maximum atomic E-state index is 12.3. The predicted molar refractivity (Wildman–Crippen MR) is 116 cm³/mol. The molecule has 0 aromatic heterocycles. The average molecular weight is 406 g/mol. The Kier molecular flexibility index (Phi) is 5.22. The lowest BCUT2D eigenvalue weighted by Crippen LogP contribution is -2.22. The zero-order chi connectivity index (χ0) is 20.4. The Morgan fingerprint density at radius 3 is 2.24 bits per heavy atom. The van der Waals surface area contributed by atoms with Crippen molar-refractivity contribution >= 4 is 15.9 Å². The molecule has 0 bridgehead atoms. The predicted octanol–water partition coefficient (Wildman–Crippen LogP) is 3.65. The average Bonchev–Trinajstić information content (AvgIpc) is 2.97. The van der Waals surface area contributed by atoms with E-state index in [0.29, 0.717) is 17.9 Å². The van der Waals surface area contributed by atoms with Gasteiger partial charge in [0, 0.05) is 12.1 Å². The molecule has 0 atom stereocenters. The summed E-state index contributed by atoms with van der Waals surface area (Å²) in [5, 5.41) is 0. The van der Waals surface area contributed by atoms with Crippen molar-refractivity contribution in [2.24, 2.45) is 4.99 Å². The second-order valence-electron chi connectivity index (χ2n) is 7.36. The number of nitrogens with one attached hydrogen (secondary N) is 1. The zero-order valence-corrected chi connectivity index (χ0v) is 17.3. The summed E-state index contributed by atoms with van der Waals surface area (Å²) < 4.78 is 27.1. The van der Waals surface area contributed by atoms with Gasteiger partial charge in [-0.3, -0.25) is 9.71 Å². The highest BCUT2D eigenvalue weighted by Gasteiger charge is 2.30. The second-order valence-corrected chi connectivity index (χ2v) is 9.01. The van der Waals surface area contributed by atoms with E-state index in [4.69, 9.17) is 0 Å². The van der Waals surface area contributed by atoms with E-state index in [0.717, 1.165) is 23.2 Å². The van der Waals surface area contributed by atoms with E-state index in [1.807, 2.05) is 24.3 Å². The Hall–Kier alpha value is -2.96. The minimum absolute atomic E-state index is 0.281. The third-order valence-corrected chi connectivity index (χ3v) is 6.25. The van der Waals surface area contributed by atoms with Crippen LogP contribution in [0.1, 0.15) is 16.7 Å². The Morgan fingerprint density at radius 1 is 0.862 bits per heavy atom. The quantitative estimate of drug-likeness (QED) is 0.705. The standard InChI is InChI=1S/C23H23N3O2S/c1-26(2)16-17-11-13-18(14-12-17)20-8-4-3-7-19(20)15-24-23-21-9-5-6-10-22(21)29(27,28)25-23/h3-14H,15-16H2,1-2H3,(H,24,25). The molecule has 29 heavy (non-hydrogen) atoms. The Morgan fingerprint density at radius 2 is 1.52 bits per heavy atom. The van der Waals surface area contributed by atoms with Crippen LogP contribution in [0.15, 0.2) is 82.7 Å². The van der Waals surface area contributed by atoms with Gasteiger partial charge < -0.3 is 4.90 Å². The van der Waals surface area contributed by atoms with Crippen LogP contribution in [0.3, 0.4) is 0 Å². The van der Waals surface area contributed by atoms with Crippen LogP contribution in [0.25, 0.3) is 11.1 Å². The minimum atomic E-state index is -3.52. The molecule has 3 aromatic carbocycles. The first-order chi connectivity index (χ1) is 13.9. The molecule has 1 N–H and O–H groups in total. The summed E-state index contributed by atoms with van der Waals surface area (Å²) in [5.41, 5.74) is 5.15. The Bertz CT molecular complexity index is 1170. The van der Waals surface area contributed by atoms with Gasteiger partial charge in [-0.25, -0.2) is 8.42 Å². The highest BCUT2D eigenvalue weighted by atomic mass is 32.2. The van der Waals surface area contributed by atoms with Gasteiger partial charge in [0.25, 0.3) is 10.0 Å². The van der Waals surface area contributed by atoms with Crippen molar-refractivity contribution in [3.05, 3.63) is 89.5 Å². The SMILES string of the molecule is CN(C)Cc1ccc(-c2ccccc2CN=C2NS(=O)(=O)c3ccccc32)cc1. The van der Waals surface area contributed by atoms with Gasteiger partial charge in [-0.2, -0.15) is 0 Å². The summed E-state index contributed by atoms with van der Waals surface area (Å²) in [7, 11) is 0.586. The third-order valence-electron chi connectivity index (χ3n) is 4.85. The molecule has 6 heteroatoms. The van der Waals surface area contributed by atoms with E-state index >= 15 is 0 Å². The first-order valence-corrected chi connectivity index (χ1v) is 10.9. The molecule has 1 aliphatic rings. The Balaban J connectivity index is 1.63. The van der Waals surface area contributed by atoms with Crippen molar-refractivity contribution in [3.8, 4) is 11.1 Å². The molecule has 0 saturated carbocycles. The lowest BCUT2D eigenvalue weighted by Gasteiger charge is -2.12. The van der Waals surface area contributed by atoms with Crippen molar-refractivity contribution in [3.63, 3.8) is 0 Å². The molecule has 4 rings (SSSR count). The van der Waals surface area contributed by atoms with Gasteiger partial charge in [-0.1, -0.05) is 60.7 Å². The van der Waals surface area contributed by atoms with Gasteiger partial charge in [0.15, 0.2) is 0 Å². The van der Waals surface area contributed by atoms with E-state index in [2.05, 4.69) is 59.0 Å². The molecular formula is C23H23N3O2S. The smallest absolute Gasteiger partial charge is 0.263 e. The van der Waals surface area contributed by atoms with Crippen LogP contribution in [-0.2, 0) is 23.1 Å². The molecule has 0 spiro atoms. The number of amidine groups is 1. The molecule has 0 fully saturated rings. The molecule has 0 unspecified atom stereocenters. The maximum absolute atomic E-state index is 12.3. The van der Waals surface area contributed by atoms with E-state index in [9.17, 15) is 8.42 Å². The molecular weight excluding hydrogens is 382 g/mol. The number of fused-ring (bicyclic) bond motifs is 1. The molecule has 0 aliphatic carbocycles. The van der Waals surface area contributed by atoms with Gasteiger partial charge >= 0.3 is 0 Å². The van der Waals surface area contributed by atoms with E-state index in [1.165, 1.54) is 5.56 Å². The molecule has 148 valence electrons. The number of hydrogen-bond donors (Lipinski definition) is 1. The fourth-order valence-electron chi connectivity index (χ4n) is 3.51. The van der Waals surface area contributed by atoms with Gasteiger partial charge in [0.05, 0.1) is 11.4 Å². The summed E-state index contributed by atoms with van der Waals surface area (Å²) >= 11 is 0. The Labute approximate surface area is 171 Å². The van der Waals surface area contributed by atoms with Gasteiger partial charge in [0.2, 0.25) is 0 Å². The third kappa shape index (κ3) is 4.09. The summed E-state index contributed by atoms with van der Waals surface area (Å²) in [5.74, 6) is 0.400. The van der Waals surface area contributed by atoms with Crippen LogP contribution >= 0.6 is 0 Å². The fourth-order valence-corrected chi connectivity index (χ4v) is 4.76. The summed E-state index contributed by atoms with van der Waals surface area (Å²) in [6.45, 7) is 1.29. The lowest BCUT2D eigenvalue weighted by atomic mass is 9.98. The topological polar surface area (TPSA) is 61.8 Å². The summed E-state index contributed by atoms with van der Waals surface area (Å²) in [6.07, 6.45) is 0. The molecule has 3 aromatic rings. The van der Waals surface area contributed by atoms with Crippen LogP contribution in [0, 0.1) is 0 Å². The molecule has 0 amide bonds. The minimum Gasteiger partial charge on any atom is -0.305 e. The van der Waals surface area contributed by atoms with Crippen molar-refractivity contribution < 1.29 is 8.42 Å². The second kappa shape index (κ2) is 7.81. The molecule has 0 radical (unpaired) electrons. The lowest BCUT2D eigenvalue weighted by molar-refractivity contribution is 0.402. The van der Waals surface area contributed by atoms with Crippen molar-refractivity contribution in [2.45, 2.75) is 18.0 Å². The highest BCUT2D eigenvalue weighted by Crippen LogP contribution is 2.26. The molecule has 1 heterocycles. The number of nitrogens with zero attached hydrogens (tertiary/aromatic N) is 2.